The van der Waals surface area contributed by atoms with Gasteiger partial charge >= 0.3 is 0 Å². The van der Waals surface area contributed by atoms with Gasteiger partial charge in [-0.2, -0.15) is 0 Å². The molecule has 2 aromatic rings. The van der Waals surface area contributed by atoms with Crippen molar-refractivity contribution in [2.45, 2.75) is 33.1 Å². The zero-order valence-electron chi connectivity index (χ0n) is 15.5. The molecule has 0 N–H and O–H groups in total. The summed E-state index contributed by atoms with van der Waals surface area (Å²) in [5, 5.41) is 0. The highest BCUT2D eigenvalue weighted by Crippen LogP contribution is 2.31. The molecule has 1 aliphatic heterocycles. The van der Waals surface area contributed by atoms with Crippen LogP contribution >= 0.6 is 0 Å². The fourth-order valence-corrected chi connectivity index (χ4v) is 3.47. The van der Waals surface area contributed by atoms with Crippen LogP contribution in [-0.2, 0) is 4.79 Å². The largest absolute Gasteiger partial charge is 0.354 e. The van der Waals surface area contributed by atoms with E-state index in [1.165, 1.54) is 0 Å². The van der Waals surface area contributed by atoms with Crippen molar-refractivity contribution in [2.24, 2.45) is 5.92 Å². The fraction of sp³-hybridized carbons (Fsp3) is 0.500. The summed E-state index contributed by atoms with van der Waals surface area (Å²) >= 11 is 0. The molecule has 1 amide bonds. The van der Waals surface area contributed by atoms with Gasteiger partial charge in [0.15, 0.2) is 5.82 Å². The number of aryl methyl sites for hydroxylation is 1. The first-order valence-corrected chi connectivity index (χ1v) is 9.44. The Morgan fingerprint density at radius 1 is 1.08 bits per heavy atom. The van der Waals surface area contributed by atoms with Crippen molar-refractivity contribution in [1.82, 2.24) is 19.9 Å². The van der Waals surface area contributed by atoms with Gasteiger partial charge in [-0.15, -0.1) is 0 Å². The van der Waals surface area contributed by atoms with Crippen LogP contribution in [-0.4, -0.2) is 51.9 Å². The van der Waals surface area contributed by atoms with Gasteiger partial charge in [-0.3, -0.25) is 9.78 Å². The van der Waals surface area contributed by atoms with E-state index in [2.05, 4.69) is 21.8 Å². The van der Waals surface area contributed by atoms with Crippen molar-refractivity contribution < 1.29 is 4.79 Å². The van der Waals surface area contributed by atoms with E-state index >= 15 is 0 Å². The average molecular weight is 351 g/mol. The van der Waals surface area contributed by atoms with E-state index in [1.54, 1.807) is 6.20 Å². The van der Waals surface area contributed by atoms with Crippen LogP contribution in [0.1, 0.15) is 30.5 Å². The van der Waals surface area contributed by atoms with E-state index in [4.69, 9.17) is 4.98 Å². The number of carbonyl (C=O) groups is 1. The van der Waals surface area contributed by atoms with Crippen molar-refractivity contribution in [3.8, 4) is 11.5 Å². The van der Waals surface area contributed by atoms with Crippen molar-refractivity contribution in [1.29, 1.82) is 0 Å². The quantitative estimate of drug-likeness (QED) is 0.851. The monoisotopic (exact) mass is 351 g/mol. The minimum absolute atomic E-state index is 0.292. The molecular weight excluding hydrogens is 326 g/mol. The lowest BCUT2D eigenvalue weighted by Crippen LogP contribution is -2.36. The molecule has 0 bridgehead atoms. The molecule has 6 nitrogen and oxygen atoms in total. The van der Waals surface area contributed by atoms with Crippen LogP contribution in [0.15, 0.2) is 24.4 Å². The lowest BCUT2D eigenvalue weighted by atomic mass is 10.2. The van der Waals surface area contributed by atoms with Crippen LogP contribution in [0.2, 0.25) is 0 Å². The number of nitrogens with zero attached hydrogens (tertiary/aromatic N) is 5. The lowest BCUT2D eigenvalue weighted by molar-refractivity contribution is -0.132. The Hall–Kier alpha value is -2.50. The number of hydrogen-bond acceptors (Lipinski definition) is 5. The normalized spacial score (nSPS) is 17.9. The van der Waals surface area contributed by atoms with Crippen molar-refractivity contribution in [3.63, 3.8) is 0 Å². The summed E-state index contributed by atoms with van der Waals surface area (Å²) in [4.78, 5) is 30.6. The Morgan fingerprint density at radius 3 is 2.65 bits per heavy atom. The molecule has 3 heterocycles. The number of rotatable bonds is 3. The van der Waals surface area contributed by atoms with Gasteiger partial charge < -0.3 is 9.80 Å². The predicted octanol–water partition coefficient (Wildman–Crippen LogP) is 2.60. The highest BCUT2D eigenvalue weighted by molar-refractivity contribution is 5.81. The summed E-state index contributed by atoms with van der Waals surface area (Å²) in [6.07, 6.45) is 4.87. The van der Waals surface area contributed by atoms with Crippen molar-refractivity contribution >= 4 is 11.7 Å². The summed E-state index contributed by atoms with van der Waals surface area (Å²) < 4.78 is 0. The van der Waals surface area contributed by atoms with Gasteiger partial charge in [-0.25, -0.2) is 9.97 Å². The maximum absolute atomic E-state index is 12.4. The van der Waals surface area contributed by atoms with E-state index < -0.39 is 0 Å². The zero-order valence-corrected chi connectivity index (χ0v) is 15.5. The van der Waals surface area contributed by atoms with Crippen molar-refractivity contribution in [3.05, 3.63) is 35.7 Å². The smallest absolute Gasteiger partial charge is 0.225 e. The standard InChI is InChI=1S/C20H25N5O/c1-14-15(2)22-18(17-6-3-4-9-21-17)23-19(14)24-10-5-11-25(13-12-24)20(26)16-7-8-16/h3-4,6,9,16H,5,7-8,10-13H2,1-2H3. The summed E-state index contributed by atoms with van der Waals surface area (Å²) in [5.41, 5.74) is 2.87. The third kappa shape index (κ3) is 3.41. The van der Waals surface area contributed by atoms with Crippen LogP contribution < -0.4 is 4.90 Å². The molecule has 26 heavy (non-hydrogen) atoms. The molecular formula is C20H25N5O. The Morgan fingerprint density at radius 2 is 1.92 bits per heavy atom. The molecule has 0 spiro atoms. The number of carbonyl (C=O) groups excluding carboxylic acids is 1. The second-order valence-corrected chi connectivity index (χ2v) is 7.24. The molecule has 0 radical (unpaired) electrons. The third-order valence-corrected chi connectivity index (χ3v) is 5.29. The molecule has 1 saturated carbocycles. The van der Waals surface area contributed by atoms with Gasteiger partial charge in [0.1, 0.15) is 11.5 Å². The second-order valence-electron chi connectivity index (χ2n) is 7.24. The van der Waals surface area contributed by atoms with E-state index in [0.717, 1.165) is 68.2 Å². The minimum Gasteiger partial charge on any atom is -0.354 e. The highest BCUT2D eigenvalue weighted by atomic mass is 16.2. The molecule has 4 rings (SSSR count). The Bertz CT molecular complexity index is 803. The van der Waals surface area contributed by atoms with Gasteiger partial charge in [0, 0.05) is 49.6 Å². The SMILES string of the molecule is Cc1nc(-c2ccccn2)nc(N2CCCN(C(=O)C3CC3)CC2)c1C. The predicted molar refractivity (Wildman–Crippen MR) is 101 cm³/mol. The Labute approximate surface area is 154 Å². The number of amides is 1. The maximum Gasteiger partial charge on any atom is 0.225 e. The van der Waals surface area contributed by atoms with Crippen molar-refractivity contribution in [2.75, 3.05) is 31.1 Å². The molecule has 0 aromatic carbocycles. The first-order chi connectivity index (χ1) is 12.6. The second kappa shape index (κ2) is 7.02. The maximum atomic E-state index is 12.4. The van der Waals surface area contributed by atoms with Crippen LogP contribution in [0.25, 0.3) is 11.5 Å². The molecule has 6 heteroatoms. The molecule has 2 aromatic heterocycles. The van der Waals surface area contributed by atoms with Crippen LogP contribution in [0.3, 0.4) is 0 Å². The number of pyridine rings is 1. The molecule has 0 atom stereocenters. The first-order valence-electron chi connectivity index (χ1n) is 9.44. The van der Waals surface area contributed by atoms with E-state index in [-0.39, 0.29) is 0 Å². The van der Waals surface area contributed by atoms with E-state index in [0.29, 0.717) is 17.6 Å². The minimum atomic E-state index is 0.292. The van der Waals surface area contributed by atoms with Crippen LogP contribution in [0.5, 0.6) is 0 Å². The Kier molecular flexibility index (Phi) is 4.57. The van der Waals surface area contributed by atoms with Crippen LogP contribution in [0, 0.1) is 19.8 Å². The van der Waals surface area contributed by atoms with E-state index in [9.17, 15) is 4.79 Å². The average Bonchev–Trinajstić information content (AvgIpc) is 3.51. The van der Waals surface area contributed by atoms with Gasteiger partial charge in [0.2, 0.25) is 5.91 Å². The summed E-state index contributed by atoms with van der Waals surface area (Å²) in [7, 11) is 0. The van der Waals surface area contributed by atoms with E-state index in [1.807, 2.05) is 30.0 Å². The summed E-state index contributed by atoms with van der Waals surface area (Å²) in [5.74, 6) is 2.27. The molecule has 0 unspecified atom stereocenters. The summed E-state index contributed by atoms with van der Waals surface area (Å²) in [6.45, 7) is 7.45. The number of hydrogen-bond donors (Lipinski definition) is 0. The molecule has 136 valence electrons. The van der Waals surface area contributed by atoms with Gasteiger partial charge in [0.25, 0.3) is 0 Å². The summed E-state index contributed by atoms with van der Waals surface area (Å²) in [6, 6.07) is 5.78. The number of anilines is 1. The first kappa shape index (κ1) is 16.9. The molecule has 2 aliphatic rings. The fourth-order valence-electron chi connectivity index (χ4n) is 3.47. The highest BCUT2D eigenvalue weighted by Gasteiger charge is 2.34. The topological polar surface area (TPSA) is 62.2 Å². The van der Waals surface area contributed by atoms with Gasteiger partial charge in [-0.05, 0) is 45.2 Å². The Balaban J connectivity index is 1.58. The molecule has 1 saturated heterocycles. The molecule has 2 fully saturated rings. The van der Waals surface area contributed by atoms with Gasteiger partial charge in [-0.1, -0.05) is 6.07 Å². The number of aromatic nitrogens is 3. The zero-order chi connectivity index (χ0) is 18.1. The third-order valence-electron chi connectivity index (χ3n) is 5.29. The molecule has 1 aliphatic carbocycles. The van der Waals surface area contributed by atoms with Crippen LogP contribution in [0.4, 0.5) is 5.82 Å². The van der Waals surface area contributed by atoms with Gasteiger partial charge in [0.05, 0.1) is 0 Å². The lowest BCUT2D eigenvalue weighted by Gasteiger charge is -2.25.